The Kier molecular flexibility index (Phi) is 3.26. The summed E-state index contributed by atoms with van der Waals surface area (Å²) in [5, 5.41) is 18.0. The van der Waals surface area contributed by atoms with Crippen LogP contribution in [0.25, 0.3) is 4.96 Å². The number of hydrogen-bond donors (Lipinski definition) is 1. The van der Waals surface area contributed by atoms with Crippen molar-refractivity contribution in [3.8, 4) is 0 Å². The molecule has 0 aliphatic heterocycles. The highest BCUT2D eigenvalue weighted by Gasteiger charge is 2.09. The molecule has 1 N–H and O–H groups in total. The highest BCUT2D eigenvalue weighted by molar-refractivity contribution is 7.16. The van der Waals surface area contributed by atoms with E-state index in [1.54, 1.807) is 4.52 Å². The fourth-order valence-corrected chi connectivity index (χ4v) is 3.15. The minimum Gasteiger partial charge on any atom is -0.351 e. The molecule has 0 saturated carbocycles. The molecule has 0 bridgehead atoms. The van der Waals surface area contributed by atoms with E-state index < -0.39 is 0 Å². The van der Waals surface area contributed by atoms with E-state index in [9.17, 15) is 4.79 Å². The minimum atomic E-state index is -0.0332. The molecule has 3 aromatic heterocycles. The maximum absolute atomic E-state index is 11.7. The predicted molar refractivity (Wildman–Crippen MR) is 73.8 cm³/mol. The summed E-state index contributed by atoms with van der Waals surface area (Å²) in [6, 6.07) is 3.68. The summed E-state index contributed by atoms with van der Waals surface area (Å²) in [7, 11) is 0. The second kappa shape index (κ2) is 5.06. The Bertz CT molecular complexity index is 700. The molecule has 1 amide bonds. The highest BCUT2D eigenvalue weighted by atomic mass is 32.1. The first-order valence-corrected chi connectivity index (χ1v) is 7.43. The molecule has 0 unspecified atom stereocenters. The van der Waals surface area contributed by atoms with Crippen LogP contribution in [0.4, 0.5) is 0 Å². The van der Waals surface area contributed by atoms with Crippen molar-refractivity contribution in [2.24, 2.45) is 0 Å². The second-order valence-corrected chi connectivity index (χ2v) is 5.91. The summed E-state index contributed by atoms with van der Waals surface area (Å²) >= 11 is 2.93. The molecule has 0 aromatic carbocycles. The Morgan fingerprint density at radius 3 is 3.11 bits per heavy atom. The lowest BCUT2D eigenvalue weighted by atomic mass is 10.4. The zero-order chi connectivity index (χ0) is 13.2. The molecule has 3 aromatic rings. The van der Waals surface area contributed by atoms with Crippen molar-refractivity contribution in [2.45, 2.75) is 13.3 Å². The van der Waals surface area contributed by atoms with E-state index in [2.05, 4.69) is 20.6 Å². The van der Waals surface area contributed by atoms with Crippen LogP contribution >= 0.6 is 22.7 Å². The Morgan fingerprint density at radius 2 is 2.37 bits per heavy atom. The van der Waals surface area contributed by atoms with E-state index in [-0.39, 0.29) is 5.91 Å². The van der Waals surface area contributed by atoms with E-state index in [0.29, 0.717) is 13.0 Å². The molecule has 3 heterocycles. The lowest BCUT2D eigenvalue weighted by Gasteiger charge is -2.00. The van der Waals surface area contributed by atoms with Gasteiger partial charge in [0, 0.05) is 13.0 Å². The van der Waals surface area contributed by atoms with Crippen molar-refractivity contribution in [1.82, 2.24) is 25.1 Å². The summed E-state index contributed by atoms with van der Waals surface area (Å²) in [6.07, 6.45) is 0.699. The number of thiophene rings is 1. The number of amides is 1. The quantitative estimate of drug-likeness (QED) is 0.792. The van der Waals surface area contributed by atoms with Crippen LogP contribution in [-0.2, 0) is 6.42 Å². The molecule has 0 spiro atoms. The van der Waals surface area contributed by atoms with E-state index in [1.807, 2.05) is 24.4 Å². The third-order valence-electron chi connectivity index (χ3n) is 2.56. The van der Waals surface area contributed by atoms with Crippen LogP contribution in [0.3, 0.4) is 0 Å². The predicted octanol–water partition coefficient (Wildman–Crippen LogP) is 1.53. The molecule has 0 fully saturated rings. The summed E-state index contributed by atoms with van der Waals surface area (Å²) in [5.41, 5.74) is 0. The number of nitrogens with one attached hydrogen (secondary N) is 1. The van der Waals surface area contributed by atoms with Gasteiger partial charge in [-0.05, 0) is 18.4 Å². The molecule has 0 saturated heterocycles. The Morgan fingerprint density at radius 1 is 1.47 bits per heavy atom. The average Bonchev–Trinajstić information content (AvgIpc) is 3.09. The van der Waals surface area contributed by atoms with Gasteiger partial charge in [-0.2, -0.15) is 9.61 Å². The molecular formula is C11H11N5OS2. The largest absolute Gasteiger partial charge is 0.351 e. The van der Waals surface area contributed by atoms with Crippen LogP contribution in [0.5, 0.6) is 0 Å². The lowest BCUT2D eigenvalue weighted by Crippen LogP contribution is -2.24. The number of carbonyl (C=O) groups excluding carboxylic acids is 1. The molecule has 98 valence electrons. The van der Waals surface area contributed by atoms with Crippen LogP contribution in [0.2, 0.25) is 0 Å². The fourth-order valence-electron chi connectivity index (χ4n) is 1.63. The second-order valence-electron chi connectivity index (χ2n) is 3.92. The van der Waals surface area contributed by atoms with Crippen molar-refractivity contribution in [3.63, 3.8) is 0 Å². The summed E-state index contributed by atoms with van der Waals surface area (Å²) in [6.45, 7) is 2.43. The maximum atomic E-state index is 11.7. The van der Waals surface area contributed by atoms with Crippen LogP contribution in [0.15, 0.2) is 17.5 Å². The van der Waals surface area contributed by atoms with E-state index in [4.69, 9.17) is 0 Å². The fraction of sp³-hybridized carbons (Fsp3) is 0.273. The zero-order valence-corrected chi connectivity index (χ0v) is 11.8. The standard InChI is InChI=1S/C11H11N5OS2/c1-7-13-14-11-16(7)15-9(19-11)4-5-12-10(17)8-3-2-6-18-8/h2-3,6H,4-5H2,1H3,(H,12,17). The van der Waals surface area contributed by atoms with Gasteiger partial charge in [-0.3, -0.25) is 4.79 Å². The van der Waals surface area contributed by atoms with Gasteiger partial charge in [0.05, 0.1) is 4.88 Å². The van der Waals surface area contributed by atoms with Gasteiger partial charge in [0.2, 0.25) is 4.96 Å². The number of aromatic nitrogens is 4. The first-order chi connectivity index (χ1) is 9.24. The number of fused-ring (bicyclic) bond motifs is 1. The Balaban J connectivity index is 1.59. The van der Waals surface area contributed by atoms with Crippen molar-refractivity contribution in [3.05, 3.63) is 33.2 Å². The van der Waals surface area contributed by atoms with Gasteiger partial charge < -0.3 is 5.32 Å². The summed E-state index contributed by atoms with van der Waals surface area (Å²) < 4.78 is 1.72. The number of rotatable bonds is 4. The van der Waals surface area contributed by atoms with Crippen LogP contribution in [0.1, 0.15) is 20.5 Å². The SMILES string of the molecule is Cc1nnc2sc(CCNC(=O)c3cccs3)nn12. The van der Waals surface area contributed by atoms with Crippen molar-refractivity contribution < 1.29 is 4.79 Å². The molecule has 3 rings (SSSR count). The maximum Gasteiger partial charge on any atom is 0.261 e. The van der Waals surface area contributed by atoms with Crippen LogP contribution < -0.4 is 5.32 Å². The lowest BCUT2D eigenvalue weighted by molar-refractivity contribution is 0.0958. The average molecular weight is 293 g/mol. The molecule has 0 atom stereocenters. The first-order valence-electron chi connectivity index (χ1n) is 5.73. The van der Waals surface area contributed by atoms with Crippen LogP contribution in [-0.4, -0.2) is 32.3 Å². The molecule has 6 nitrogen and oxygen atoms in total. The van der Waals surface area contributed by atoms with Gasteiger partial charge in [0.1, 0.15) is 5.01 Å². The third kappa shape index (κ3) is 2.49. The Labute approximate surface area is 117 Å². The highest BCUT2D eigenvalue weighted by Crippen LogP contribution is 2.13. The van der Waals surface area contributed by atoms with Crippen LogP contribution in [0, 0.1) is 6.92 Å². The monoisotopic (exact) mass is 293 g/mol. The topological polar surface area (TPSA) is 72.2 Å². The number of carbonyl (C=O) groups is 1. The minimum absolute atomic E-state index is 0.0332. The van der Waals surface area contributed by atoms with Gasteiger partial charge >= 0.3 is 0 Å². The van der Waals surface area contributed by atoms with E-state index >= 15 is 0 Å². The molecular weight excluding hydrogens is 282 g/mol. The first kappa shape index (κ1) is 12.2. The van der Waals surface area contributed by atoms with Crippen molar-refractivity contribution >= 4 is 33.5 Å². The zero-order valence-electron chi connectivity index (χ0n) is 10.2. The molecule has 0 aliphatic rings. The van der Waals surface area contributed by atoms with E-state index in [0.717, 1.165) is 20.7 Å². The third-order valence-corrected chi connectivity index (χ3v) is 4.39. The Hall–Kier alpha value is -1.80. The van der Waals surface area contributed by atoms with Crippen molar-refractivity contribution in [2.75, 3.05) is 6.54 Å². The molecule has 8 heteroatoms. The van der Waals surface area contributed by atoms with Gasteiger partial charge in [-0.1, -0.05) is 17.4 Å². The summed E-state index contributed by atoms with van der Waals surface area (Å²) in [4.78, 5) is 13.2. The smallest absolute Gasteiger partial charge is 0.261 e. The molecule has 0 aliphatic carbocycles. The van der Waals surface area contributed by atoms with E-state index in [1.165, 1.54) is 22.7 Å². The van der Waals surface area contributed by atoms with Gasteiger partial charge in [0.25, 0.3) is 5.91 Å². The number of hydrogen-bond acceptors (Lipinski definition) is 6. The number of nitrogens with zero attached hydrogens (tertiary/aromatic N) is 4. The summed E-state index contributed by atoms with van der Waals surface area (Å²) in [5.74, 6) is 0.745. The van der Waals surface area contributed by atoms with Gasteiger partial charge in [-0.25, -0.2) is 0 Å². The normalized spacial score (nSPS) is 11.0. The van der Waals surface area contributed by atoms with Crippen molar-refractivity contribution in [1.29, 1.82) is 0 Å². The molecule has 19 heavy (non-hydrogen) atoms. The van der Waals surface area contributed by atoms with Gasteiger partial charge in [-0.15, -0.1) is 21.5 Å². The molecule has 0 radical (unpaired) electrons. The van der Waals surface area contributed by atoms with Gasteiger partial charge in [0.15, 0.2) is 5.82 Å². The number of aryl methyl sites for hydroxylation is 1.